The van der Waals surface area contributed by atoms with E-state index in [-0.39, 0.29) is 17.3 Å². The maximum Gasteiger partial charge on any atom is 0.273 e. The van der Waals surface area contributed by atoms with Crippen molar-refractivity contribution in [2.24, 2.45) is 0 Å². The van der Waals surface area contributed by atoms with Gasteiger partial charge in [-0.05, 0) is 83.0 Å². The number of anilines is 1. The van der Waals surface area contributed by atoms with Gasteiger partial charge in [-0.1, -0.05) is 18.7 Å². The maximum absolute atomic E-state index is 14.5. The van der Waals surface area contributed by atoms with Gasteiger partial charge in [0.2, 0.25) is 0 Å². The molecule has 1 aromatic carbocycles. The molecule has 0 atom stereocenters. The lowest BCUT2D eigenvalue weighted by Gasteiger charge is -2.47. The van der Waals surface area contributed by atoms with E-state index in [9.17, 15) is 9.18 Å². The fraction of sp³-hybridized carbons (Fsp3) is 0.382. The van der Waals surface area contributed by atoms with Crippen LogP contribution in [0.5, 0.6) is 0 Å². The molecule has 5 rings (SSSR count). The molecule has 1 fully saturated rings. The van der Waals surface area contributed by atoms with Crippen molar-refractivity contribution in [2.75, 3.05) is 38.6 Å². The molecule has 0 spiro atoms. The number of amides is 1. The van der Waals surface area contributed by atoms with Crippen LogP contribution in [0.4, 0.5) is 10.2 Å². The van der Waals surface area contributed by atoms with Crippen LogP contribution in [0.1, 0.15) is 56.2 Å². The lowest BCUT2D eigenvalue weighted by atomic mass is 9.97. The van der Waals surface area contributed by atoms with Crippen molar-refractivity contribution in [1.82, 2.24) is 24.3 Å². The number of pyridine rings is 2. The van der Waals surface area contributed by atoms with Crippen molar-refractivity contribution in [3.05, 3.63) is 84.1 Å². The highest BCUT2D eigenvalue weighted by atomic mass is 19.1. The van der Waals surface area contributed by atoms with Gasteiger partial charge in [0.1, 0.15) is 23.0 Å². The molecule has 1 aliphatic rings. The number of rotatable bonds is 5. The fourth-order valence-corrected chi connectivity index (χ4v) is 5.59. The first kappa shape index (κ1) is 29.3. The van der Waals surface area contributed by atoms with Gasteiger partial charge >= 0.3 is 0 Å². The zero-order valence-corrected chi connectivity index (χ0v) is 26.0. The summed E-state index contributed by atoms with van der Waals surface area (Å²) in [5.41, 5.74) is 4.55. The lowest BCUT2D eigenvalue weighted by molar-refractivity contribution is 0.0508. The molecule has 0 bridgehead atoms. The molecule has 220 valence electrons. The van der Waals surface area contributed by atoms with Gasteiger partial charge in [-0.3, -0.25) is 4.79 Å². The van der Waals surface area contributed by atoms with E-state index in [0.717, 1.165) is 33.6 Å². The second-order valence-electron chi connectivity index (χ2n) is 13.1. The summed E-state index contributed by atoms with van der Waals surface area (Å²) in [5, 5.41) is 0.889. The minimum absolute atomic E-state index is 0.100. The maximum atomic E-state index is 14.5. The van der Waals surface area contributed by atoms with Gasteiger partial charge in [0.05, 0.1) is 5.54 Å². The molecule has 8 heteroatoms. The summed E-state index contributed by atoms with van der Waals surface area (Å²) in [6.07, 6.45) is 3.87. The number of fused-ring (bicyclic) bond motifs is 1. The van der Waals surface area contributed by atoms with Crippen LogP contribution >= 0.6 is 0 Å². The minimum atomic E-state index is -0.448. The number of benzene rings is 1. The van der Waals surface area contributed by atoms with E-state index in [1.807, 2.05) is 60.6 Å². The van der Waals surface area contributed by atoms with Crippen molar-refractivity contribution in [3.63, 3.8) is 0 Å². The topological polar surface area (TPSA) is 57.5 Å². The number of halogens is 1. The van der Waals surface area contributed by atoms with Gasteiger partial charge in [0.15, 0.2) is 0 Å². The summed E-state index contributed by atoms with van der Waals surface area (Å²) in [6, 6.07) is 13.1. The SMILES string of the molecule is C=C(c1ccc(N2CCN(C(=O)c3ccc4c(-c5ccc(C)c(F)c5)cn(C(C)(C)C)c4n3)C(C)(C)C2)nc1)N(C)C. The first-order valence-electron chi connectivity index (χ1n) is 14.4. The van der Waals surface area contributed by atoms with E-state index in [1.165, 1.54) is 0 Å². The van der Waals surface area contributed by atoms with Gasteiger partial charge in [-0.15, -0.1) is 0 Å². The highest BCUT2D eigenvalue weighted by molar-refractivity contribution is 5.99. The molecule has 0 radical (unpaired) electrons. The molecule has 42 heavy (non-hydrogen) atoms. The number of nitrogens with zero attached hydrogens (tertiary/aromatic N) is 6. The Morgan fingerprint density at radius 3 is 2.40 bits per heavy atom. The number of carbonyl (C=O) groups excluding carboxylic acids is 1. The Hall–Kier alpha value is -4.20. The second kappa shape index (κ2) is 10.6. The smallest absolute Gasteiger partial charge is 0.273 e. The summed E-state index contributed by atoms with van der Waals surface area (Å²) < 4.78 is 16.6. The van der Waals surface area contributed by atoms with Crippen LogP contribution < -0.4 is 4.90 Å². The van der Waals surface area contributed by atoms with E-state index in [0.29, 0.717) is 36.5 Å². The van der Waals surface area contributed by atoms with E-state index in [2.05, 4.69) is 50.7 Å². The van der Waals surface area contributed by atoms with Gasteiger partial charge in [0.25, 0.3) is 5.91 Å². The van der Waals surface area contributed by atoms with Crippen LogP contribution in [0, 0.1) is 12.7 Å². The van der Waals surface area contributed by atoms with E-state index in [4.69, 9.17) is 9.97 Å². The number of aromatic nitrogens is 3. The summed E-state index contributed by atoms with van der Waals surface area (Å²) in [6.45, 7) is 18.2. The van der Waals surface area contributed by atoms with Crippen LogP contribution in [-0.2, 0) is 5.54 Å². The largest absolute Gasteiger partial charge is 0.378 e. The first-order valence-corrected chi connectivity index (χ1v) is 14.4. The molecule has 1 saturated heterocycles. The number of aryl methyl sites for hydroxylation is 1. The Balaban J connectivity index is 1.43. The monoisotopic (exact) mass is 568 g/mol. The van der Waals surface area contributed by atoms with Crippen LogP contribution in [0.15, 0.2) is 61.4 Å². The van der Waals surface area contributed by atoms with Crippen LogP contribution in [0.2, 0.25) is 0 Å². The van der Waals surface area contributed by atoms with Gasteiger partial charge in [-0.2, -0.15) is 0 Å². The van der Waals surface area contributed by atoms with Crippen molar-refractivity contribution < 1.29 is 9.18 Å². The highest BCUT2D eigenvalue weighted by Crippen LogP contribution is 2.35. The molecular formula is C34H41FN6O. The second-order valence-corrected chi connectivity index (χ2v) is 13.1. The third-order valence-corrected chi connectivity index (χ3v) is 8.17. The van der Waals surface area contributed by atoms with Crippen molar-refractivity contribution in [1.29, 1.82) is 0 Å². The Labute approximate surface area is 248 Å². The van der Waals surface area contributed by atoms with Crippen LogP contribution in [0.25, 0.3) is 27.9 Å². The van der Waals surface area contributed by atoms with Gasteiger partial charge in [0, 0.05) is 73.9 Å². The van der Waals surface area contributed by atoms with Crippen molar-refractivity contribution >= 4 is 28.5 Å². The first-order chi connectivity index (χ1) is 19.7. The standard InChI is InChI=1S/C34H41FN6O/c1-22-10-11-24(18-28(22)35)27-20-41(33(3,4)5)31-26(27)13-14-29(37-31)32(42)40-17-16-39(21-34(40,6)7)30-15-12-25(19-36-30)23(2)38(8)9/h10-15,18-20H,2,16-17,21H2,1,3-9H3. The number of carbonyl (C=O) groups is 1. The van der Waals surface area contributed by atoms with Gasteiger partial charge in [-0.25, -0.2) is 14.4 Å². The lowest BCUT2D eigenvalue weighted by Crippen LogP contribution is -2.61. The number of hydrogen-bond acceptors (Lipinski definition) is 5. The molecule has 1 aliphatic heterocycles. The average Bonchev–Trinajstić information content (AvgIpc) is 3.33. The van der Waals surface area contributed by atoms with E-state index < -0.39 is 5.54 Å². The van der Waals surface area contributed by atoms with E-state index in [1.54, 1.807) is 25.1 Å². The number of piperazine rings is 1. The van der Waals surface area contributed by atoms with Crippen molar-refractivity contribution in [2.45, 2.75) is 52.6 Å². The zero-order chi connectivity index (χ0) is 30.6. The predicted octanol–water partition coefficient (Wildman–Crippen LogP) is 6.57. The Morgan fingerprint density at radius 2 is 1.81 bits per heavy atom. The van der Waals surface area contributed by atoms with Crippen LogP contribution in [-0.4, -0.2) is 69.5 Å². The molecule has 0 N–H and O–H groups in total. The molecule has 4 aromatic rings. The Bertz CT molecular complexity index is 1660. The summed E-state index contributed by atoms with van der Waals surface area (Å²) in [4.78, 5) is 29.7. The molecule has 1 amide bonds. The summed E-state index contributed by atoms with van der Waals surface area (Å²) >= 11 is 0. The molecule has 7 nitrogen and oxygen atoms in total. The molecule has 0 unspecified atom stereocenters. The normalized spacial score (nSPS) is 15.3. The Morgan fingerprint density at radius 1 is 1.07 bits per heavy atom. The predicted molar refractivity (Wildman–Crippen MR) is 169 cm³/mol. The zero-order valence-electron chi connectivity index (χ0n) is 26.0. The minimum Gasteiger partial charge on any atom is -0.378 e. The molecule has 4 heterocycles. The third-order valence-electron chi connectivity index (χ3n) is 8.17. The van der Waals surface area contributed by atoms with Crippen LogP contribution in [0.3, 0.4) is 0 Å². The summed E-state index contributed by atoms with van der Waals surface area (Å²) in [5.74, 6) is 0.542. The van der Waals surface area contributed by atoms with Crippen molar-refractivity contribution in [3.8, 4) is 11.1 Å². The molecular weight excluding hydrogens is 527 g/mol. The summed E-state index contributed by atoms with van der Waals surface area (Å²) in [7, 11) is 3.93. The molecule has 3 aromatic heterocycles. The van der Waals surface area contributed by atoms with Gasteiger partial charge < -0.3 is 19.3 Å². The molecule has 0 aliphatic carbocycles. The quantitative estimate of drug-likeness (QED) is 0.272. The highest BCUT2D eigenvalue weighted by Gasteiger charge is 2.38. The Kier molecular flexibility index (Phi) is 7.37. The molecule has 0 saturated carbocycles. The fourth-order valence-electron chi connectivity index (χ4n) is 5.59. The van der Waals surface area contributed by atoms with E-state index >= 15 is 0 Å². The number of hydrogen-bond donors (Lipinski definition) is 0. The average molecular weight is 569 g/mol. The third kappa shape index (κ3) is 5.38.